The number of hydrogen-bond acceptors (Lipinski definition) is 6. The number of carbonyl (C=O) groups is 2. The molecular formula is C40H14F62O6. The zero-order chi connectivity index (χ0) is 89.0. The van der Waals surface area contributed by atoms with Crippen LogP contribution in [0.2, 0.25) is 0 Å². The third-order valence-electron chi connectivity index (χ3n) is 13.3. The monoisotopic (exact) mass is 1770 g/mol. The van der Waals surface area contributed by atoms with Crippen molar-refractivity contribution in [1.29, 1.82) is 0 Å². The van der Waals surface area contributed by atoms with Crippen LogP contribution in [-0.2, 0) is 19.1 Å². The maximum Gasteiger partial charge on any atom is 0.460 e. The summed E-state index contributed by atoms with van der Waals surface area (Å²) in [6.07, 6.45) is -35.8. The van der Waals surface area contributed by atoms with E-state index >= 15 is 0 Å². The molecule has 0 amide bonds. The van der Waals surface area contributed by atoms with Crippen molar-refractivity contribution < 1.29 is 301 Å². The topological polar surface area (TPSA) is 93.1 Å². The van der Waals surface area contributed by atoms with Crippen molar-refractivity contribution in [3.8, 4) is 0 Å². The first kappa shape index (κ1) is 102. The van der Waals surface area contributed by atoms with Crippen LogP contribution >= 0.6 is 0 Å². The molecule has 0 saturated carbocycles. The van der Waals surface area contributed by atoms with Gasteiger partial charge in [0.2, 0.25) is 0 Å². The normalized spacial score (nSPS) is 17.4. The second kappa shape index (κ2) is 27.0. The SMILES string of the molecule is O=C(/C=C\C(=O)OCC(O)CC(F)(F)C(F)(F)C(F)(F)C(F)(F)C(F)(F)C(F)(F)C(F)(F)C(F)(F)C(F)(F)C(F)(F)C(F)(F)C(F)(F)C(F)(F)C(F)(F)C(F)(F)F)OCC(O)CC(F)(F)C(F)(F)C(F)(F)C(F)(F)C(F)(F)C(F)(F)C(F)(F)C(F)(F)C(F)(F)C(F)(F)C(F)(F)C(F)(F)C(F)(F)C(F)(F)C(F)(F)F. The molecule has 644 valence electrons. The van der Waals surface area contributed by atoms with Crippen LogP contribution in [0.5, 0.6) is 0 Å². The minimum Gasteiger partial charge on any atom is -0.460 e. The molecule has 0 fully saturated rings. The molecule has 0 aromatic rings. The van der Waals surface area contributed by atoms with Crippen molar-refractivity contribution in [2.24, 2.45) is 0 Å². The zero-order valence-corrected chi connectivity index (χ0v) is 47.1. The maximum absolute atomic E-state index is 14.3. The summed E-state index contributed by atoms with van der Waals surface area (Å²) in [5.74, 6) is -281. The largest absolute Gasteiger partial charge is 0.460 e. The predicted octanol–water partition coefficient (Wildman–Crippen LogP) is 19.0. The highest BCUT2D eigenvalue weighted by molar-refractivity contribution is 5.91. The maximum atomic E-state index is 14.3. The van der Waals surface area contributed by atoms with Gasteiger partial charge < -0.3 is 19.7 Å². The second-order valence-corrected chi connectivity index (χ2v) is 20.6. The van der Waals surface area contributed by atoms with Crippen molar-refractivity contribution in [3.63, 3.8) is 0 Å². The molecule has 2 atom stereocenters. The fourth-order valence-corrected chi connectivity index (χ4v) is 6.71. The fraction of sp³-hybridized carbons (Fsp3) is 0.900. The molecule has 0 spiro atoms. The Morgan fingerprint density at radius 2 is 0.296 bits per heavy atom. The van der Waals surface area contributed by atoms with Gasteiger partial charge in [-0.25, -0.2) is 9.59 Å². The van der Waals surface area contributed by atoms with Crippen molar-refractivity contribution >= 4 is 11.9 Å². The van der Waals surface area contributed by atoms with E-state index in [-0.39, 0.29) is 0 Å². The van der Waals surface area contributed by atoms with Gasteiger partial charge in [0, 0.05) is 25.0 Å². The molecule has 0 aliphatic rings. The molecule has 0 aromatic carbocycles. The third kappa shape index (κ3) is 13.4. The van der Waals surface area contributed by atoms with Gasteiger partial charge in [0.1, 0.15) is 13.2 Å². The number of esters is 2. The van der Waals surface area contributed by atoms with E-state index in [0.29, 0.717) is 0 Å². The van der Waals surface area contributed by atoms with Crippen LogP contribution in [0.3, 0.4) is 0 Å². The van der Waals surface area contributed by atoms with Crippen LogP contribution in [0.15, 0.2) is 12.2 Å². The lowest BCUT2D eigenvalue weighted by Crippen LogP contribution is -2.79. The van der Waals surface area contributed by atoms with Crippen molar-refractivity contribution in [1.82, 2.24) is 0 Å². The zero-order valence-electron chi connectivity index (χ0n) is 47.1. The van der Waals surface area contributed by atoms with Gasteiger partial charge >= 0.3 is 190 Å². The lowest BCUT2D eigenvalue weighted by Gasteiger charge is -2.46. The van der Waals surface area contributed by atoms with Gasteiger partial charge in [-0.1, -0.05) is 0 Å². The summed E-state index contributed by atoms with van der Waals surface area (Å²) in [5.41, 5.74) is 0. The lowest BCUT2D eigenvalue weighted by atomic mass is 9.83. The quantitative estimate of drug-likeness (QED) is 0.0369. The molecule has 2 unspecified atom stereocenters. The van der Waals surface area contributed by atoms with E-state index in [9.17, 15) is 292 Å². The van der Waals surface area contributed by atoms with Crippen molar-refractivity contribution in [2.45, 2.75) is 203 Å². The van der Waals surface area contributed by atoms with Gasteiger partial charge in [-0.15, -0.1) is 0 Å². The van der Waals surface area contributed by atoms with E-state index in [1.807, 2.05) is 0 Å². The van der Waals surface area contributed by atoms with Gasteiger partial charge in [0.15, 0.2) is 0 Å². The van der Waals surface area contributed by atoms with Crippen LogP contribution in [0, 0.1) is 0 Å². The summed E-state index contributed by atoms with van der Waals surface area (Å²) in [6.45, 7) is -5.76. The molecule has 2 N–H and O–H groups in total. The van der Waals surface area contributed by atoms with Gasteiger partial charge in [-0.05, 0) is 0 Å². The molecule has 0 aliphatic carbocycles. The van der Waals surface area contributed by atoms with E-state index < -0.39 is 241 Å². The molecule has 0 saturated heterocycles. The summed E-state index contributed by atoms with van der Waals surface area (Å²) in [4.78, 5) is 23.3. The minimum atomic E-state index is -10.4. The Labute approximate surface area is 543 Å². The molecule has 0 aliphatic heterocycles. The first-order chi connectivity index (χ1) is 45.8. The highest BCUT2D eigenvalue weighted by atomic mass is 19.5. The molecule has 68 heteroatoms. The molecule has 0 rings (SSSR count). The smallest absolute Gasteiger partial charge is 0.460 e. The molecule has 0 aromatic heterocycles. The minimum absolute atomic E-state index is 0.921. The van der Waals surface area contributed by atoms with Gasteiger partial charge in [0.05, 0.1) is 12.2 Å². The highest BCUT2D eigenvalue weighted by Gasteiger charge is 3.04. The van der Waals surface area contributed by atoms with Crippen molar-refractivity contribution in [2.75, 3.05) is 13.2 Å². The van der Waals surface area contributed by atoms with Crippen LogP contribution in [0.25, 0.3) is 0 Å². The Morgan fingerprint density at radius 1 is 0.194 bits per heavy atom. The number of rotatable bonds is 36. The average molecular weight is 1770 g/mol. The summed E-state index contributed by atoms with van der Waals surface area (Å²) >= 11 is 0. The predicted molar refractivity (Wildman–Crippen MR) is 203 cm³/mol. The second-order valence-electron chi connectivity index (χ2n) is 20.6. The lowest BCUT2D eigenvalue weighted by molar-refractivity contribution is -0.489. The molecule has 0 bridgehead atoms. The van der Waals surface area contributed by atoms with Crippen molar-refractivity contribution in [3.05, 3.63) is 12.2 Å². The molecule has 0 radical (unpaired) electrons. The van der Waals surface area contributed by atoms with E-state index in [1.54, 1.807) is 0 Å². The number of halogens is 62. The van der Waals surface area contributed by atoms with Gasteiger partial charge in [-0.3, -0.25) is 0 Å². The number of aliphatic hydroxyl groups excluding tert-OH is 2. The number of hydrogen-bond donors (Lipinski definition) is 2. The number of ether oxygens (including phenoxy) is 2. The summed E-state index contributed by atoms with van der Waals surface area (Å²) in [5, 5.41) is 18.6. The van der Waals surface area contributed by atoms with Gasteiger partial charge in [0.25, 0.3) is 0 Å². The molecule has 0 heterocycles. The third-order valence-corrected chi connectivity index (χ3v) is 13.3. The van der Waals surface area contributed by atoms with Crippen LogP contribution in [-0.4, -0.2) is 226 Å². The first-order valence-electron chi connectivity index (χ1n) is 23.9. The van der Waals surface area contributed by atoms with Gasteiger partial charge in [-0.2, -0.15) is 272 Å². The number of carbonyl (C=O) groups excluding carboxylic acids is 2. The Kier molecular flexibility index (Phi) is 25.5. The number of aliphatic hydroxyl groups is 2. The highest BCUT2D eigenvalue weighted by Crippen LogP contribution is 2.73. The average Bonchev–Trinajstić information content (AvgIpc) is 0.682. The molecule has 108 heavy (non-hydrogen) atoms. The summed E-state index contributed by atoms with van der Waals surface area (Å²) < 4.78 is 863. The molecular weight excluding hydrogens is 1750 g/mol. The Hall–Kier alpha value is -5.74. The van der Waals surface area contributed by atoms with E-state index in [0.717, 1.165) is 0 Å². The summed E-state index contributed by atoms with van der Waals surface area (Å²) in [7, 11) is 0. The molecule has 6 nitrogen and oxygen atoms in total. The van der Waals surface area contributed by atoms with E-state index in [1.165, 1.54) is 0 Å². The Bertz CT molecular complexity index is 3000. The van der Waals surface area contributed by atoms with E-state index in [4.69, 9.17) is 0 Å². The van der Waals surface area contributed by atoms with Crippen LogP contribution in [0.4, 0.5) is 272 Å². The first-order valence-corrected chi connectivity index (χ1v) is 23.9. The summed E-state index contributed by atoms with van der Waals surface area (Å²) in [6, 6.07) is 0. The Balaban J connectivity index is 6.86. The van der Waals surface area contributed by atoms with E-state index in [2.05, 4.69) is 9.47 Å². The van der Waals surface area contributed by atoms with Crippen LogP contribution in [0.1, 0.15) is 12.8 Å². The fourth-order valence-electron chi connectivity index (χ4n) is 6.71. The van der Waals surface area contributed by atoms with Crippen LogP contribution < -0.4 is 0 Å². The Morgan fingerprint density at radius 3 is 0.407 bits per heavy atom. The number of alkyl halides is 62. The standard InChI is InChI=1S/C40H14F62O6/c41-11(42,13(45,46)15(49,50)17(53,54)19(57,58)21(61,62)23(65,66)25(69,70)27(73,74)29(77,78)31(81,82)33(85,86)35(89,90)37(93,94)39(97,98)99)3-7(103)5-107-9(105)1-2-10(106)108-6-8(104)4-12(43,44)14(47,48)16(51,52)18(55,56)20(59,60)22(63,64)24(67,68)26(71,72)28(75,76)30(79,80)32(83,84)34(87,88)36(91,92)38(95,96)40(100,101)102/h1-2,7-8,103-104H,3-6H2/b2-1-.